The fourth-order valence-electron chi connectivity index (χ4n) is 3.68. The summed E-state index contributed by atoms with van der Waals surface area (Å²) in [7, 11) is -4.01. The van der Waals surface area contributed by atoms with E-state index in [9.17, 15) is 18.0 Å². The number of carbonyl (C=O) groups is 2. The van der Waals surface area contributed by atoms with Gasteiger partial charge in [-0.05, 0) is 48.0 Å². The van der Waals surface area contributed by atoms with E-state index in [1.807, 2.05) is 18.2 Å². The molecule has 1 heterocycles. The van der Waals surface area contributed by atoms with Crippen LogP contribution in [0.1, 0.15) is 15.9 Å². The van der Waals surface area contributed by atoms with Gasteiger partial charge in [0.15, 0.2) is 6.61 Å². The molecule has 1 fully saturated rings. The number of morpholine rings is 1. The molecule has 3 aromatic rings. The molecule has 0 spiro atoms. The maximum absolute atomic E-state index is 12.8. The molecule has 11 heteroatoms. The molecule has 0 bridgehead atoms. The quantitative estimate of drug-likeness (QED) is 0.397. The van der Waals surface area contributed by atoms with Crippen LogP contribution in [-0.4, -0.2) is 53.2 Å². The Balaban J connectivity index is 1.32. The van der Waals surface area contributed by atoms with Crippen LogP contribution in [0.2, 0.25) is 5.02 Å². The second-order valence-electron chi connectivity index (χ2n) is 8.23. The highest BCUT2D eigenvalue weighted by Crippen LogP contribution is 2.24. The van der Waals surface area contributed by atoms with Crippen molar-refractivity contribution in [2.24, 2.45) is 0 Å². The van der Waals surface area contributed by atoms with E-state index in [4.69, 9.17) is 21.1 Å². The van der Waals surface area contributed by atoms with E-state index in [1.54, 1.807) is 36.4 Å². The van der Waals surface area contributed by atoms with Gasteiger partial charge in [-0.3, -0.25) is 4.79 Å². The van der Waals surface area contributed by atoms with Crippen LogP contribution in [0.5, 0.6) is 0 Å². The first-order valence-electron chi connectivity index (χ1n) is 11.5. The van der Waals surface area contributed by atoms with E-state index >= 15 is 0 Å². The Kier molecular flexibility index (Phi) is 8.78. The number of nitrogens with zero attached hydrogens (tertiary/aromatic N) is 1. The van der Waals surface area contributed by atoms with E-state index in [0.29, 0.717) is 18.9 Å². The average molecular weight is 544 g/mol. The predicted octanol–water partition coefficient (Wildman–Crippen LogP) is 3.45. The Morgan fingerprint density at radius 2 is 1.68 bits per heavy atom. The second kappa shape index (κ2) is 12.2. The molecule has 0 aromatic heterocycles. The average Bonchev–Trinajstić information content (AvgIpc) is 2.92. The fourth-order valence-corrected chi connectivity index (χ4v) is 5.22. The number of ether oxygens (including phenoxy) is 2. The van der Waals surface area contributed by atoms with Crippen molar-refractivity contribution in [3.8, 4) is 0 Å². The zero-order valence-corrected chi connectivity index (χ0v) is 21.4. The summed E-state index contributed by atoms with van der Waals surface area (Å²) in [5.74, 6) is -1.38. The first kappa shape index (κ1) is 26.6. The summed E-state index contributed by atoms with van der Waals surface area (Å²) in [5, 5.41) is 2.62. The fraction of sp³-hybridized carbons (Fsp3) is 0.231. The minimum absolute atomic E-state index is 0.0459. The number of halogens is 1. The van der Waals surface area contributed by atoms with Gasteiger partial charge in [-0.2, -0.15) is 0 Å². The normalized spacial score (nSPS) is 13.7. The van der Waals surface area contributed by atoms with Gasteiger partial charge in [0.1, 0.15) is 4.90 Å². The molecule has 1 amide bonds. The molecule has 194 valence electrons. The number of hydrogen-bond donors (Lipinski definition) is 2. The zero-order valence-electron chi connectivity index (χ0n) is 19.9. The van der Waals surface area contributed by atoms with Crippen molar-refractivity contribution in [1.82, 2.24) is 4.72 Å². The molecule has 1 aliphatic heterocycles. The summed E-state index contributed by atoms with van der Waals surface area (Å²) < 4.78 is 38.5. The van der Waals surface area contributed by atoms with Gasteiger partial charge in [0.25, 0.3) is 5.91 Å². The lowest BCUT2D eigenvalue weighted by molar-refractivity contribution is -0.119. The lowest BCUT2D eigenvalue weighted by atomic mass is 10.2. The van der Waals surface area contributed by atoms with E-state index in [-0.39, 0.29) is 22.0 Å². The molecule has 1 saturated heterocycles. The van der Waals surface area contributed by atoms with Gasteiger partial charge in [0.2, 0.25) is 10.0 Å². The maximum Gasteiger partial charge on any atom is 0.338 e. The van der Waals surface area contributed by atoms with Crippen LogP contribution in [0, 0.1) is 0 Å². The summed E-state index contributed by atoms with van der Waals surface area (Å²) in [5.41, 5.74) is 2.30. The van der Waals surface area contributed by atoms with Crippen LogP contribution in [0.15, 0.2) is 77.7 Å². The Morgan fingerprint density at radius 3 is 2.38 bits per heavy atom. The van der Waals surface area contributed by atoms with Crippen LogP contribution < -0.4 is 14.9 Å². The Labute approximate surface area is 220 Å². The van der Waals surface area contributed by atoms with Gasteiger partial charge in [-0.25, -0.2) is 17.9 Å². The number of anilines is 2. The number of benzene rings is 3. The monoisotopic (exact) mass is 543 g/mol. The van der Waals surface area contributed by atoms with Gasteiger partial charge in [-0.15, -0.1) is 0 Å². The van der Waals surface area contributed by atoms with E-state index in [0.717, 1.165) is 30.4 Å². The largest absolute Gasteiger partial charge is 0.452 e. The molecule has 4 rings (SSSR count). The summed E-state index contributed by atoms with van der Waals surface area (Å²) >= 11 is 6.10. The highest BCUT2D eigenvalue weighted by molar-refractivity contribution is 7.89. The number of sulfonamides is 1. The summed E-state index contributed by atoms with van der Waals surface area (Å²) in [6, 6.07) is 20.1. The van der Waals surface area contributed by atoms with Crippen molar-refractivity contribution in [2.45, 2.75) is 11.4 Å². The third-order valence-corrected chi connectivity index (χ3v) is 7.51. The van der Waals surface area contributed by atoms with Gasteiger partial charge >= 0.3 is 5.97 Å². The number of esters is 1. The smallest absolute Gasteiger partial charge is 0.338 e. The van der Waals surface area contributed by atoms with Crippen LogP contribution in [0.25, 0.3) is 0 Å². The molecule has 37 heavy (non-hydrogen) atoms. The summed E-state index contributed by atoms with van der Waals surface area (Å²) in [6.45, 7) is 2.48. The molecule has 0 saturated carbocycles. The molecule has 1 aliphatic rings. The lowest BCUT2D eigenvalue weighted by Gasteiger charge is -2.28. The molecular formula is C26H26ClN3O6S. The molecule has 3 aromatic carbocycles. The number of amides is 1. The molecule has 0 radical (unpaired) electrons. The SMILES string of the molecule is O=C(COC(=O)c1ccc(Cl)c(S(=O)(=O)NCc2ccccc2)c1)Nc1ccc(N2CCOCC2)cc1. The van der Waals surface area contributed by atoms with E-state index < -0.39 is 28.5 Å². The minimum atomic E-state index is -4.01. The summed E-state index contributed by atoms with van der Waals surface area (Å²) in [4.78, 5) is 26.7. The van der Waals surface area contributed by atoms with Gasteiger partial charge in [0, 0.05) is 31.0 Å². The topological polar surface area (TPSA) is 114 Å². The first-order valence-corrected chi connectivity index (χ1v) is 13.4. The van der Waals surface area contributed by atoms with Crippen LogP contribution >= 0.6 is 11.6 Å². The van der Waals surface area contributed by atoms with Crippen molar-refractivity contribution in [3.63, 3.8) is 0 Å². The van der Waals surface area contributed by atoms with Gasteiger partial charge < -0.3 is 19.7 Å². The molecule has 9 nitrogen and oxygen atoms in total. The number of rotatable bonds is 9. The number of hydrogen-bond acceptors (Lipinski definition) is 7. The Hall–Kier alpha value is -3.44. The number of nitrogens with one attached hydrogen (secondary N) is 2. The third-order valence-electron chi connectivity index (χ3n) is 5.63. The highest BCUT2D eigenvalue weighted by atomic mass is 35.5. The standard InChI is InChI=1S/C26H26ClN3O6S/c27-23-11-6-20(16-24(23)37(33,34)28-17-19-4-2-1-3-5-19)26(32)36-18-25(31)29-21-7-9-22(10-8-21)30-12-14-35-15-13-30/h1-11,16,28H,12-15,17-18H2,(H,29,31). The molecule has 2 N–H and O–H groups in total. The molecule has 0 atom stereocenters. The first-order chi connectivity index (χ1) is 17.8. The predicted molar refractivity (Wildman–Crippen MR) is 140 cm³/mol. The van der Waals surface area contributed by atoms with Crippen LogP contribution in [0.3, 0.4) is 0 Å². The third kappa shape index (κ3) is 7.30. The van der Waals surface area contributed by atoms with Crippen molar-refractivity contribution in [3.05, 3.63) is 88.9 Å². The molecule has 0 aliphatic carbocycles. The van der Waals surface area contributed by atoms with Gasteiger partial charge in [-0.1, -0.05) is 41.9 Å². The maximum atomic E-state index is 12.8. The van der Waals surface area contributed by atoms with Crippen LogP contribution in [-0.2, 0) is 30.8 Å². The second-order valence-corrected chi connectivity index (χ2v) is 10.4. The van der Waals surface area contributed by atoms with E-state index in [1.165, 1.54) is 12.1 Å². The van der Waals surface area contributed by atoms with Gasteiger partial charge in [0.05, 0.1) is 23.8 Å². The highest BCUT2D eigenvalue weighted by Gasteiger charge is 2.21. The van der Waals surface area contributed by atoms with Crippen molar-refractivity contribution in [2.75, 3.05) is 43.1 Å². The van der Waals surface area contributed by atoms with Crippen molar-refractivity contribution >= 4 is 44.9 Å². The lowest BCUT2D eigenvalue weighted by Crippen LogP contribution is -2.36. The minimum Gasteiger partial charge on any atom is -0.452 e. The Bertz CT molecular complexity index is 1340. The molecular weight excluding hydrogens is 518 g/mol. The van der Waals surface area contributed by atoms with Crippen LogP contribution in [0.4, 0.5) is 11.4 Å². The van der Waals surface area contributed by atoms with Crippen molar-refractivity contribution < 1.29 is 27.5 Å². The van der Waals surface area contributed by atoms with Crippen molar-refractivity contribution in [1.29, 1.82) is 0 Å². The number of carbonyl (C=O) groups excluding carboxylic acids is 2. The zero-order chi connectivity index (χ0) is 26.3. The molecule has 0 unspecified atom stereocenters. The van der Waals surface area contributed by atoms with E-state index in [2.05, 4.69) is 14.9 Å². The Morgan fingerprint density at radius 1 is 0.973 bits per heavy atom. The summed E-state index contributed by atoms with van der Waals surface area (Å²) in [6.07, 6.45) is 0.